The van der Waals surface area contributed by atoms with Gasteiger partial charge in [0.15, 0.2) is 0 Å². The molecule has 1 aromatic carbocycles. The summed E-state index contributed by atoms with van der Waals surface area (Å²) >= 11 is 0. The fourth-order valence-electron chi connectivity index (χ4n) is 2.97. The molecule has 2 heterocycles. The van der Waals surface area contributed by atoms with Crippen LogP contribution in [0.5, 0.6) is 5.75 Å². The Kier molecular flexibility index (Phi) is 5.30. The smallest absolute Gasteiger partial charge is 0.251 e. The molecule has 27 heavy (non-hydrogen) atoms. The molecule has 2 aromatic heterocycles. The van der Waals surface area contributed by atoms with E-state index in [1.807, 2.05) is 40.9 Å². The normalized spacial score (nSPS) is 12.0. The van der Waals surface area contributed by atoms with Crippen LogP contribution in [-0.2, 0) is 13.7 Å². The molecule has 7 heteroatoms. The van der Waals surface area contributed by atoms with Gasteiger partial charge in [-0.25, -0.2) is 0 Å². The van der Waals surface area contributed by atoms with Crippen molar-refractivity contribution in [3.05, 3.63) is 64.3 Å². The van der Waals surface area contributed by atoms with E-state index in [2.05, 4.69) is 15.6 Å². The molecule has 0 bridgehead atoms. The number of hydrogen-bond donors (Lipinski definition) is 1. The summed E-state index contributed by atoms with van der Waals surface area (Å²) in [5, 5.41) is 11.2. The second kappa shape index (κ2) is 7.65. The lowest BCUT2D eigenvalue weighted by molar-refractivity contribution is 0.0940. The number of aryl methyl sites for hydroxylation is 4. The average molecular weight is 368 g/mol. The topological polar surface area (TPSA) is 82.2 Å². The Morgan fingerprint density at radius 3 is 2.48 bits per heavy atom. The van der Waals surface area contributed by atoms with Gasteiger partial charge in [0.2, 0.25) is 0 Å². The molecule has 3 aromatic rings. The molecule has 142 valence electrons. The lowest BCUT2D eigenvalue weighted by Crippen LogP contribution is -2.26. The zero-order valence-electron chi connectivity index (χ0n) is 16.2. The molecule has 1 amide bonds. The average Bonchev–Trinajstić information content (AvgIpc) is 3.14. The van der Waals surface area contributed by atoms with Crippen LogP contribution in [-0.4, -0.2) is 20.8 Å². The third kappa shape index (κ3) is 4.19. The number of rotatable bonds is 6. The summed E-state index contributed by atoms with van der Waals surface area (Å²) in [5.74, 6) is 1.30. The Hall–Kier alpha value is -3.09. The van der Waals surface area contributed by atoms with Crippen molar-refractivity contribution < 1.29 is 14.1 Å². The van der Waals surface area contributed by atoms with Crippen molar-refractivity contribution in [1.29, 1.82) is 0 Å². The molecule has 0 aliphatic rings. The molecule has 0 unspecified atom stereocenters. The molecule has 0 radical (unpaired) electrons. The van der Waals surface area contributed by atoms with Crippen LogP contribution in [0.4, 0.5) is 0 Å². The maximum atomic E-state index is 12.5. The predicted molar refractivity (Wildman–Crippen MR) is 101 cm³/mol. The molecule has 0 saturated carbocycles. The molecule has 0 fully saturated rings. The quantitative estimate of drug-likeness (QED) is 0.721. The third-order valence-corrected chi connectivity index (χ3v) is 4.55. The number of benzene rings is 1. The van der Waals surface area contributed by atoms with E-state index in [4.69, 9.17) is 9.26 Å². The van der Waals surface area contributed by atoms with E-state index in [-0.39, 0.29) is 11.9 Å². The highest BCUT2D eigenvalue weighted by molar-refractivity contribution is 5.94. The second-order valence-electron chi connectivity index (χ2n) is 6.65. The minimum atomic E-state index is -0.136. The summed E-state index contributed by atoms with van der Waals surface area (Å²) in [6.45, 7) is 8.00. The summed E-state index contributed by atoms with van der Waals surface area (Å²) in [6, 6.07) is 6.95. The largest absolute Gasteiger partial charge is 0.489 e. The van der Waals surface area contributed by atoms with Gasteiger partial charge in [0, 0.05) is 24.4 Å². The Morgan fingerprint density at radius 1 is 1.22 bits per heavy atom. The molecule has 3 rings (SSSR count). The maximum Gasteiger partial charge on any atom is 0.251 e. The maximum absolute atomic E-state index is 12.5. The van der Waals surface area contributed by atoms with Crippen molar-refractivity contribution in [2.45, 2.75) is 40.3 Å². The zero-order chi connectivity index (χ0) is 19.6. The number of ether oxygens (including phenoxy) is 1. The van der Waals surface area contributed by atoms with Crippen molar-refractivity contribution in [3.63, 3.8) is 0 Å². The van der Waals surface area contributed by atoms with Crippen LogP contribution in [0.15, 0.2) is 35.0 Å². The van der Waals surface area contributed by atoms with Crippen molar-refractivity contribution in [3.8, 4) is 5.75 Å². The fraction of sp³-hybridized carbons (Fsp3) is 0.350. The van der Waals surface area contributed by atoms with Gasteiger partial charge in [-0.15, -0.1) is 0 Å². The van der Waals surface area contributed by atoms with Crippen molar-refractivity contribution in [1.82, 2.24) is 20.3 Å². The van der Waals surface area contributed by atoms with Crippen molar-refractivity contribution >= 4 is 5.91 Å². The van der Waals surface area contributed by atoms with Crippen LogP contribution >= 0.6 is 0 Å². The van der Waals surface area contributed by atoms with E-state index in [1.165, 1.54) is 0 Å². The van der Waals surface area contributed by atoms with Gasteiger partial charge >= 0.3 is 0 Å². The first kappa shape index (κ1) is 18.7. The molecule has 7 nitrogen and oxygen atoms in total. The Bertz CT molecular complexity index is 921. The highest BCUT2D eigenvalue weighted by Crippen LogP contribution is 2.19. The second-order valence-corrected chi connectivity index (χ2v) is 6.65. The standard InChI is InChI=1S/C20H24N4O3/c1-12(18-10-24(5)22-13(18)2)21-20(25)16-6-8-17(9-7-16)26-11-19-14(3)23-27-15(19)4/h6-10,12H,11H2,1-5H3,(H,21,25)/t12-/m0/s1. The first-order valence-corrected chi connectivity index (χ1v) is 8.80. The van der Waals surface area contributed by atoms with Gasteiger partial charge < -0.3 is 14.6 Å². The molecular formula is C20H24N4O3. The molecule has 0 aliphatic heterocycles. The Labute approximate surface area is 158 Å². The van der Waals surface area contributed by atoms with E-state index in [0.717, 1.165) is 28.3 Å². The fourth-order valence-corrected chi connectivity index (χ4v) is 2.97. The number of aromatic nitrogens is 3. The highest BCUT2D eigenvalue weighted by Gasteiger charge is 2.16. The van der Waals surface area contributed by atoms with Gasteiger partial charge in [-0.2, -0.15) is 5.10 Å². The lowest BCUT2D eigenvalue weighted by atomic mass is 10.1. The van der Waals surface area contributed by atoms with Crippen LogP contribution in [0.3, 0.4) is 0 Å². The number of carbonyl (C=O) groups is 1. The minimum Gasteiger partial charge on any atom is -0.489 e. The van der Waals surface area contributed by atoms with Gasteiger partial charge in [-0.1, -0.05) is 5.16 Å². The number of carbonyl (C=O) groups excluding carboxylic acids is 1. The molecule has 0 aliphatic carbocycles. The van der Waals surface area contributed by atoms with E-state index >= 15 is 0 Å². The first-order chi connectivity index (χ1) is 12.8. The van der Waals surface area contributed by atoms with E-state index in [9.17, 15) is 4.79 Å². The zero-order valence-corrected chi connectivity index (χ0v) is 16.2. The van der Waals surface area contributed by atoms with Crippen LogP contribution in [0.25, 0.3) is 0 Å². The van der Waals surface area contributed by atoms with Crippen molar-refractivity contribution in [2.24, 2.45) is 7.05 Å². The predicted octanol–water partition coefficient (Wildman–Crippen LogP) is 3.40. The lowest BCUT2D eigenvalue weighted by Gasteiger charge is -2.13. The summed E-state index contributed by atoms with van der Waals surface area (Å²) in [6.07, 6.45) is 1.92. The van der Waals surface area contributed by atoms with Crippen LogP contribution in [0.1, 0.15) is 51.6 Å². The summed E-state index contributed by atoms with van der Waals surface area (Å²) in [5.41, 5.74) is 4.26. The first-order valence-electron chi connectivity index (χ1n) is 8.80. The van der Waals surface area contributed by atoms with Crippen LogP contribution in [0, 0.1) is 20.8 Å². The Balaban J connectivity index is 1.61. The van der Waals surface area contributed by atoms with E-state index in [0.29, 0.717) is 17.9 Å². The van der Waals surface area contributed by atoms with Gasteiger partial charge in [0.1, 0.15) is 18.1 Å². The molecule has 0 saturated heterocycles. The monoisotopic (exact) mass is 368 g/mol. The number of nitrogens with zero attached hydrogens (tertiary/aromatic N) is 3. The third-order valence-electron chi connectivity index (χ3n) is 4.55. The van der Waals surface area contributed by atoms with Gasteiger partial charge in [-0.05, 0) is 52.0 Å². The minimum absolute atomic E-state index is 0.123. The summed E-state index contributed by atoms with van der Waals surface area (Å²) in [4.78, 5) is 12.5. The molecule has 0 spiro atoms. The number of hydrogen-bond acceptors (Lipinski definition) is 5. The highest BCUT2D eigenvalue weighted by atomic mass is 16.5. The Morgan fingerprint density at radius 2 is 1.93 bits per heavy atom. The van der Waals surface area contributed by atoms with E-state index < -0.39 is 0 Å². The molecular weight excluding hydrogens is 344 g/mol. The summed E-state index contributed by atoms with van der Waals surface area (Å²) in [7, 11) is 1.87. The van der Waals surface area contributed by atoms with Gasteiger partial charge in [0.05, 0.1) is 23.0 Å². The van der Waals surface area contributed by atoms with Crippen LogP contribution < -0.4 is 10.1 Å². The van der Waals surface area contributed by atoms with Crippen molar-refractivity contribution in [2.75, 3.05) is 0 Å². The SMILES string of the molecule is Cc1nn(C)cc1[C@H](C)NC(=O)c1ccc(OCc2c(C)noc2C)cc1. The number of amides is 1. The number of nitrogens with one attached hydrogen (secondary N) is 1. The molecule has 1 atom stereocenters. The van der Waals surface area contributed by atoms with Crippen LogP contribution in [0.2, 0.25) is 0 Å². The van der Waals surface area contributed by atoms with E-state index in [1.54, 1.807) is 28.9 Å². The van der Waals surface area contributed by atoms with Gasteiger partial charge in [-0.3, -0.25) is 9.48 Å². The van der Waals surface area contributed by atoms with Gasteiger partial charge in [0.25, 0.3) is 5.91 Å². The molecule has 1 N–H and O–H groups in total. The summed E-state index contributed by atoms with van der Waals surface area (Å²) < 4.78 is 12.7.